The molecule has 16 heteroatoms. The summed E-state index contributed by atoms with van der Waals surface area (Å²) in [6, 6.07) is -1.27. The minimum absolute atomic E-state index is 0.388. The molecule has 0 unspecified atom stereocenters. The maximum atomic E-state index is 13.0. The van der Waals surface area contributed by atoms with Gasteiger partial charge >= 0.3 is 29.8 Å². The van der Waals surface area contributed by atoms with Crippen LogP contribution in [0, 0.1) is 0 Å². The maximum Gasteiger partial charge on any atom is 0.349 e. The molecule has 0 spiro atoms. The molecule has 214 valence electrons. The highest BCUT2D eigenvalue weighted by molar-refractivity contribution is 8.82. The first-order chi connectivity index (χ1) is 17.6. The second-order valence-electron chi connectivity index (χ2n) is 8.09. The lowest BCUT2D eigenvalue weighted by molar-refractivity contribution is -0.223. The minimum Gasteiger partial charge on any atom is -0.466 e. The first-order valence-corrected chi connectivity index (χ1v) is 13.3. The molecular formula is C22H31NO13S2. The molecule has 0 saturated carbocycles. The van der Waals surface area contributed by atoms with Crippen LogP contribution in [0.15, 0.2) is 0 Å². The van der Waals surface area contributed by atoms with Gasteiger partial charge in [-0.3, -0.25) is 28.8 Å². The van der Waals surface area contributed by atoms with Crippen LogP contribution in [-0.4, -0.2) is 90.0 Å². The van der Waals surface area contributed by atoms with Gasteiger partial charge < -0.3 is 33.7 Å². The van der Waals surface area contributed by atoms with Crippen molar-refractivity contribution in [3.63, 3.8) is 0 Å². The van der Waals surface area contributed by atoms with Crippen LogP contribution < -0.4 is 5.32 Å². The van der Waals surface area contributed by atoms with E-state index in [9.17, 15) is 33.6 Å². The lowest BCUT2D eigenvalue weighted by atomic mass is 9.89. The van der Waals surface area contributed by atoms with Crippen molar-refractivity contribution in [2.45, 2.75) is 83.4 Å². The Morgan fingerprint density at radius 1 is 0.921 bits per heavy atom. The smallest absolute Gasteiger partial charge is 0.349 e. The number of nitrogens with one attached hydrogen (secondary N) is 1. The summed E-state index contributed by atoms with van der Waals surface area (Å²) < 4.78 is 32.1. The van der Waals surface area contributed by atoms with Crippen LogP contribution in [0.25, 0.3) is 0 Å². The molecule has 0 aromatic heterocycles. The van der Waals surface area contributed by atoms with Gasteiger partial charge in [0.25, 0.3) is 0 Å². The zero-order chi connectivity index (χ0) is 29.2. The molecule has 1 aliphatic heterocycles. The predicted octanol–water partition coefficient (Wildman–Crippen LogP) is 0.435. The van der Waals surface area contributed by atoms with E-state index < -0.39 is 82.9 Å². The van der Waals surface area contributed by atoms with E-state index in [0.717, 1.165) is 41.7 Å². The summed E-state index contributed by atoms with van der Waals surface area (Å²) in [5.74, 6) is -4.85. The van der Waals surface area contributed by atoms with E-state index in [4.69, 9.17) is 28.4 Å². The molecule has 1 aliphatic rings. The molecule has 1 rings (SSSR count). The molecule has 1 saturated heterocycles. The van der Waals surface area contributed by atoms with Crippen LogP contribution in [0.4, 0.5) is 0 Å². The Hall–Kier alpha value is -2.85. The van der Waals surface area contributed by atoms with Crippen LogP contribution in [0.2, 0.25) is 0 Å². The molecular weight excluding hydrogens is 550 g/mol. The van der Waals surface area contributed by atoms with E-state index in [0.29, 0.717) is 21.6 Å². The van der Waals surface area contributed by atoms with E-state index in [1.807, 2.05) is 0 Å². The number of hydrogen-bond acceptors (Lipinski definition) is 15. The first kappa shape index (κ1) is 33.2. The van der Waals surface area contributed by atoms with E-state index in [-0.39, 0.29) is 6.42 Å². The first-order valence-electron chi connectivity index (χ1n) is 11.2. The van der Waals surface area contributed by atoms with Crippen LogP contribution >= 0.6 is 21.6 Å². The van der Waals surface area contributed by atoms with Gasteiger partial charge in [-0.15, -0.1) is 0 Å². The van der Waals surface area contributed by atoms with Crippen molar-refractivity contribution in [1.29, 1.82) is 0 Å². The van der Waals surface area contributed by atoms with Crippen molar-refractivity contribution in [3.8, 4) is 0 Å². The van der Waals surface area contributed by atoms with Gasteiger partial charge in [-0.05, 0) is 21.6 Å². The normalized spacial score (nSPS) is 24.1. The molecule has 14 nitrogen and oxygen atoms in total. The topological polar surface area (TPSA) is 187 Å². The summed E-state index contributed by atoms with van der Waals surface area (Å²) in [6.07, 6.45) is -6.32. The SMILES string of the molecule is COC(=O)[C@@]1(SSC(C)=O)C[C@H](OC(C)=O)[C@@H](NC(C)=O)[C@H]([C@H](OC(C)=O)[C@@H](COC(C)=O)OC(C)=O)O1. The lowest BCUT2D eigenvalue weighted by Gasteiger charge is -2.48. The molecule has 1 fully saturated rings. The number of carbonyl (C=O) groups excluding carboxylic acids is 7. The Bertz CT molecular complexity index is 942. The molecule has 0 aromatic rings. The predicted molar refractivity (Wildman–Crippen MR) is 131 cm³/mol. The van der Waals surface area contributed by atoms with E-state index in [1.54, 1.807) is 0 Å². The molecule has 38 heavy (non-hydrogen) atoms. The van der Waals surface area contributed by atoms with Crippen LogP contribution in [-0.2, 0) is 62.0 Å². The number of carbonyl (C=O) groups is 7. The van der Waals surface area contributed by atoms with Crippen molar-refractivity contribution in [3.05, 3.63) is 0 Å². The van der Waals surface area contributed by atoms with Crippen LogP contribution in [0.1, 0.15) is 48.0 Å². The zero-order valence-electron chi connectivity index (χ0n) is 21.9. The van der Waals surface area contributed by atoms with Crippen molar-refractivity contribution >= 4 is 62.5 Å². The molecule has 1 heterocycles. The summed E-state index contributed by atoms with van der Waals surface area (Å²) in [6.45, 7) is 6.09. The molecule has 0 aromatic carbocycles. The Balaban J connectivity index is 3.82. The van der Waals surface area contributed by atoms with Gasteiger partial charge in [0.05, 0.1) is 13.2 Å². The number of hydrogen-bond donors (Lipinski definition) is 1. The third-order valence-electron chi connectivity index (χ3n) is 4.79. The van der Waals surface area contributed by atoms with Gasteiger partial charge in [0, 0.05) is 48.0 Å². The third kappa shape index (κ3) is 10.1. The Kier molecular flexibility index (Phi) is 13.0. The van der Waals surface area contributed by atoms with Gasteiger partial charge in [-0.1, -0.05) is 0 Å². The van der Waals surface area contributed by atoms with E-state index in [2.05, 4.69) is 5.32 Å². The standard InChI is InChI=1S/C22H31NO13S2/c1-10(24)23-18-16(33-12(3)26)8-22(21(30)31-7,38-37-15(6)29)36-20(18)19(35-14(5)28)17(34-13(4)27)9-32-11(2)25/h16-20H,8-9H2,1-7H3,(H,23,24)/t16-,17+,18+,19+,20+,22-/m0/s1. The van der Waals surface area contributed by atoms with Crippen LogP contribution in [0.5, 0.6) is 0 Å². The summed E-state index contributed by atoms with van der Waals surface area (Å²) in [4.78, 5) is 82.5. The molecule has 1 N–H and O–H groups in total. The molecule has 0 aliphatic carbocycles. The quantitative estimate of drug-likeness (QED) is 0.201. The number of amides is 1. The second-order valence-corrected chi connectivity index (χ2v) is 10.7. The highest BCUT2D eigenvalue weighted by Crippen LogP contribution is 2.47. The maximum absolute atomic E-state index is 13.0. The number of ether oxygens (including phenoxy) is 6. The Morgan fingerprint density at radius 3 is 1.97 bits per heavy atom. The fraction of sp³-hybridized carbons (Fsp3) is 0.682. The van der Waals surface area contributed by atoms with Crippen molar-refractivity contribution in [2.24, 2.45) is 0 Å². The van der Waals surface area contributed by atoms with Crippen molar-refractivity contribution in [1.82, 2.24) is 5.32 Å². The summed E-state index contributed by atoms with van der Waals surface area (Å²) in [5.41, 5.74) is 0. The van der Waals surface area contributed by atoms with E-state index in [1.165, 1.54) is 6.92 Å². The summed E-state index contributed by atoms with van der Waals surface area (Å²) in [5, 5.41) is 2.15. The average molecular weight is 582 g/mol. The van der Waals surface area contributed by atoms with E-state index >= 15 is 0 Å². The molecule has 0 bridgehead atoms. The van der Waals surface area contributed by atoms with Crippen LogP contribution in [0.3, 0.4) is 0 Å². The molecule has 0 radical (unpaired) electrons. The fourth-order valence-corrected chi connectivity index (χ4v) is 5.68. The van der Waals surface area contributed by atoms with Gasteiger partial charge in [-0.25, -0.2) is 4.79 Å². The average Bonchev–Trinajstić information content (AvgIpc) is 2.78. The van der Waals surface area contributed by atoms with Gasteiger partial charge in [0.1, 0.15) is 18.8 Å². The lowest BCUT2D eigenvalue weighted by Crippen LogP contribution is -2.67. The number of rotatable bonds is 11. The number of esters is 5. The highest BCUT2D eigenvalue weighted by atomic mass is 33.1. The second kappa shape index (κ2) is 14.9. The zero-order valence-corrected chi connectivity index (χ0v) is 23.6. The molecule has 1 amide bonds. The Labute approximate surface area is 226 Å². The number of methoxy groups -OCH3 is 1. The van der Waals surface area contributed by atoms with Gasteiger partial charge in [0.15, 0.2) is 17.3 Å². The molecule has 6 atom stereocenters. The summed E-state index contributed by atoms with van der Waals surface area (Å²) >= 11 is 0. The van der Waals surface area contributed by atoms with Crippen molar-refractivity contribution in [2.75, 3.05) is 13.7 Å². The minimum atomic E-state index is -2.02. The largest absolute Gasteiger partial charge is 0.466 e. The monoisotopic (exact) mass is 581 g/mol. The fourth-order valence-electron chi connectivity index (χ4n) is 3.61. The third-order valence-corrected chi connectivity index (χ3v) is 7.57. The van der Waals surface area contributed by atoms with Gasteiger partial charge in [0.2, 0.25) is 10.8 Å². The summed E-state index contributed by atoms with van der Waals surface area (Å²) in [7, 11) is 2.36. The highest BCUT2D eigenvalue weighted by Gasteiger charge is 2.59. The Morgan fingerprint density at radius 2 is 1.53 bits per heavy atom. The van der Waals surface area contributed by atoms with Crippen molar-refractivity contribution < 1.29 is 62.0 Å². The van der Waals surface area contributed by atoms with Gasteiger partial charge in [-0.2, -0.15) is 0 Å².